The SMILES string of the molecule is Cc1c(/C=N/NC(=O)Cc2cccs2)c2ccccc2n1Cc1ccccc1. The fraction of sp³-hybridized carbons (Fsp3) is 0.130. The van der Waals surface area contributed by atoms with Gasteiger partial charge in [0.05, 0.1) is 12.6 Å². The van der Waals surface area contributed by atoms with Crippen molar-refractivity contribution in [3.63, 3.8) is 0 Å². The van der Waals surface area contributed by atoms with Crippen molar-refractivity contribution in [1.82, 2.24) is 9.99 Å². The second kappa shape index (κ2) is 8.23. The third-order valence-corrected chi connectivity index (χ3v) is 5.64. The molecule has 0 saturated heterocycles. The summed E-state index contributed by atoms with van der Waals surface area (Å²) in [4.78, 5) is 13.1. The molecule has 0 radical (unpaired) electrons. The molecule has 4 nitrogen and oxygen atoms in total. The Morgan fingerprint density at radius 2 is 1.86 bits per heavy atom. The van der Waals surface area contributed by atoms with Crippen molar-refractivity contribution < 1.29 is 4.79 Å². The van der Waals surface area contributed by atoms with Crippen LogP contribution in [0.25, 0.3) is 10.9 Å². The first-order valence-electron chi connectivity index (χ1n) is 9.18. The van der Waals surface area contributed by atoms with Crippen LogP contribution in [0.2, 0.25) is 0 Å². The van der Waals surface area contributed by atoms with Crippen LogP contribution >= 0.6 is 11.3 Å². The third kappa shape index (κ3) is 3.89. The van der Waals surface area contributed by atoms with Crippen LogP contribution in [-0.4, -0.2) is 16.7 Å². The van der Waals surface area contributed by atoms with Crippen LogP contribution in [0.15, 0.2) is 77.2 Å². The molecule has 4 aromatic rings. The molecule has 0 spiro atoms. The Balaban J connectivity index is 1.58. The number of amides is 1. The molecule has 0 atom stereocenters. The predicted octanol–water partition coefficient (Wildman–Crippen LogP) is 4.75. The van der Waals surface area contributed by atoms with E-state index in [0.29, 0.717) is 6.42 Å². The predicted molar refractivity (Wildman–Crippen MR) is 116 cm³/mol. The van der Waals surface area contributed by atoms with Gasteiger partial charge in [0.15, 0.2) is 0 Å². The van der Waals surface area contributed by atoms with Gasteiger partial charge >= 0.3 is 0 Å². The molecule has 2 aromatic carbocycles. The van der Waals surface area contributed by atoms with Gasteiger partial charge in [-0.25, -0.2) is 5.43 Å². The number of aromatic nitrogens is 1. The molecule has 1 N–H and O–H groups in total. The maximum Gasteiger partial charge on any atom is 0.245 e. The minimum atomic E-state index is -0.107. The summed E-state index contributed by atoms with van der Waals surface area (Å²) in [5.41, 5.74) is 7.22. The van der Waals surface area contributed by atoms with E-state index in [9.17, 15) is 4.79 Å². The monoisotopic (exact) mass is 387 g/mol. The summed E-state index contributed by atoms with van der Waals surface area (Å²) in [7, 11) is 0. The minimum absolute atomic E-state index is 0.107. The van der Waals surface area contributed by atoms with Gasteiger partial charge in [-0.1, -0.05) is 54.6 Å². The average molecular weight is 388 g/mol. The fourth-order valence-electron chi connectivity index (χ4n) is 3.37. The molecule has 0 aliphatic heterocycles. The van der Waals surface area contributed by atoms with Gasteiger partial charge in [0.1, 0.15) is 0 Å². The first-order chi connectivity index (χ1) is 13.7. The Hall–Kier alpha value is -3.18. The van der Waals surface area contributed by atoms with Crippen molar-refractivity contribution >= 4 is 34.4 Å². The highest BCUT2D eigenvalue weighted by molar-refractivity contribution is 7.10. The summed E-state index contributed by atoms with van der Waals surface area (Å²) in [6, 6.07) is 22.6. The van der Waals surface area contributed by atoms with Crippen LogP contribution in [0.5, 0.6) is 0 Å². The van der Waals surface area contributed by atoms with Crippen molar-refractivity contribution in [2.24, 2.45) is 5.10 Å². The Morgan fingerprint density at radius 3 is 2.64 bits per heavy atom. The first kappa shape index (κ1) is 18.2. The molecule has 0 saturated carbocycles. The van der Waals surface area contributed by atoms with E-state index < -0.39 is 0 Å². The standard InChI is InChI=1S/C23H21N3OS/c1-17-21(15-24-25-23(27)14-19-10-7-13-28-19)20-11-5-6-12-22(20)26(17)16-18-8-3-2-4-9-18/h2-13,15H,14,16H2,1H3,(H,25,27)/b24-15+. The Morgan fingerprint density at radius 1 is 1.07 bits per heavy atom. The first-order valence-corrected chi connectivity index (χ1v) is 10.1. The number of hydrogen-bond donors (Lipinski definition) is 1. The van der Waals surface area contributed by atoms with E-state index in [1.54, 1.807) is 17.6 Å². The minimum Gasteiger partial charge on any atom is -0.340 e. The largest absolute Gasteiger partial charge is 0.340 e. The Labute approximate surface area is 168 Å². The molecule has 5 heteroatoms. The lowest BCUT2D eigenvalue weighted by Gasteiger charge is -2.08. The van der Waals surface area contributed by atoms with Crippen molar-refractivity contribution in [1.29, 1.82) is 0 Å². The highest BCUT2D eigenvalue weighted by Crippen LogP contribution is 2.25. The smallest absolute Gasteiger partial charge is 0.245 e. The molecule has 0 fully saturated rings. The molecule has 0 unspecified atom stereocenters. The van der Waals surface area contributed by atoms with E-state index in [1.807, 2.05) is 35.7 Å². The van der Waals surface area contributed by atoms with Crippen LogP contribution in [0.4, 0.5) is 0 Å². The summed E-state index contributed by atoms with van der Waals surface area (Å²) in [5, 5.41) is 7.32. The number of hydrogen-bond acceptors (Lipinski definition) is 3. The highest BCUT2D eigenvalue weighted by Gasteiger charge is 2.12. The zero-order chi connectivity index (χ0) is 19.3. The lowest BCUT2D eigenvalue weighted by Crippen LogP contribution is -2.19. The molecular weight excluding hydrogens is 366 g/mol. The van der Waals surface area contributed by atoms with Gasteiger partial charge < -0.3 is 4.57 Å². The number of thiophene rings is 1. The van der Waals surface area contributed by atoms with Crippen LogP contribution in [0.1, 0.15) is 21.7 Å². The molecule has 2 heterocycles. The number of carbonyl (C=O) groups excluding carboxylic acids is 1. The number of hydrazone groups is 1. The van der Waals surface area contributed by atoms with E-state index >= 15 is 0 Å². The summed E-state index contributed by atoms with van der Waals surface area (Å²) in [6.45, 7) is 2.89. The van der Waals surface area contributed by atoms with Gasteiger partial charge in [0.2, 0.25) is 5.91 Å². The molecule has 140 valence electrons. The quantitative estimate of drug-likeness (QED) is 0.377. The molecule has 2 aromatic heterocycles. The van der Waals surface area contributed by atoms with Crippen molar-refractivity contribution in [3.05, 3.63) is 93.8 Å². The molecule has 28 heavy (non-hydrogen) atoms. The van der Waals surface area contributed by atoms with E-state index in [1.165, 1.54) is 5.56 Å². The number of rotatable bonds is 6. The number of carbonyl (C=O) groups is 1. The van der Waals surface area contributed by atoms with Crippen LogP contribution in [0, 0.1) is 6.92 Å². The third-order valence-electron chi connectivity index (χ3n) is 4.76. The number of fused-ring (bicyclic) bond motifs is 1. The molecule has 0 aliphatic carbocycles. The second-order valence-electron chi connectivity index (χ2n) is 6.64. The summed E-state index contributed by atoms with van der Waals surface area (Å²) >= 11 is 1.57. The zero-order valence-electron chi connectivity index (χ0n) is 15.6. The Bertz CT molecular complexity index is 1110. The van der Waals surface area contributed by atoms with Crippen LogP contribution in [0.3, 0.4) is 0 Å². The van der Waals surface area contributed by atoms with Gasteiger partial charge in [0, 0.05) is 33.6 Å². The molecule has 1 amide bonds. The van der Waals surface area contributed by atoms with Gasteiger partial charge in [-0.15, -0.1) is 11.3 Å². The molecule has 0 aliphatic rings. The van der Waals surface area contributed by atoms with Gasteiger partial charge in [-0.2, -0.15) is 5.10 Å². The summed E-state index contributed by atoms with van der Waals surface area (Å²) in [5.74, 6) is -0.107. The van der Waals surface area contributed by atoms with E-state index in [0.717, 1.165) is 33.6 Å². The van der Waals surface area contributed by atoms with Gasteiger partial charge in [-0.05, 0) is 30.0 Å². The van der Waals surface area contributed by atoms with Crippen molar-refractivity contribution in [2.75, 3.05) is 0 Å². The average Bonchev–Trinajstić information content (AvgIpc) is 3.31. The summed E-state index contributed by atoms with van der Waals surface area (Å²) in [6.07, 6.45) is 2.11. The zero-order valence-corrected chi connectivity index (χ0v) is 16.4. The van der Waals surface area contributed by atoms with Gasteiger partial charge in [-0.3, -0.25) is 4.79 Å². The van der Waals surface area contributed by atoms with E-state index in [-0.39, 0.29) is 5.91 Å². The van der Waals surface area contributed by atoms with Gasteiger partial charge in [0.25, 0.3) is 0 Å². The number of nitrogens with one attached hydrogen (secondary N) is 1. The topological polar surface area (TPSA) is 46.4 Å². The highest BCUT2D eigenvalue weighted by atomic mass is 32.1. The maximum absolute atomic E-state index is 12.1. The van der Waals surface area contributed by atoms with E-state index in [4.69, 9.17) is 0 Å². The fourth-order valence-corrected chi connectivity index (χ4v) is 4.07. The maximum atomic E-state index is 12.1. The second-order valence-corrected chi connectivity index (χ2v) is 7.67. The summed E-state index contributed by atoms with van der Waals surface area (Å²) < 4.78 is 2.29. The van der Waals surface area contributed by atoms with Crippen LogP contribution < -0.4 is 5.43 Å². The Kier molecular flexibility index (Phi) is 5.35. The number of benzene rings is 2. The van der Waals surface area contributed by atoms with Crippen LogP contribution in [-0.2, 0) is 17.8 Å². The number of para-hydroxylation sites is 1. The lowest BCUT2D eigenvalue weighted by atomic mass is 10.1. The number of nitrogens with zero attached hydrogens (tertiary/aromatic N) is 2. The molecular formula is C23H21N3OS. The molecule has 0 bridgehead atoms. The lowest BCUT2D eigenvalue weighted by molar-refractivity contribution is -0.120. The van der Waals surface area contributed by atoms with Crippen molar-refractivity contribution in [3.8, 4) is 0 Å². The van der Waals surface area contributed by atoms with E-state index in [2.05, 4.69) is 58.4 Å². The van der Waals surface area contributed by atoms with Crippen molar-refractivity contribution in [2.45, 2.75) is 19.9 Å². The molecule has 4 rings (SSSR count). The normalized spacial score (nSPS) is 11.3.